The molecule has 216 valence electrons. The van der Waals surface area contributed by atoms with Crippen molar-refractivity contribution in [2.45, 2.75) is 43.5 Å². The number of ether oxygens (including phenoxy) is 3. The molecule has 41 heavy (non-hydrogen) atoms. The summed E-state index contributed by atoms with van der Waals surface area (Å²) in [6, 6.07) is 11.6. The summed E-state index contributed by atoms with van der Waals surface area (Å²) >= 11 is 1.18. The van der Waals surface area contributed by atoms with Crippen molar-refractivity contribution in [3.05, 3.63) is 70.3 Å². The van der Waals surface area contributed by atoms with Crippen LogP contribution < -0.4 is 15.4 Å². The monoisotopic (exact) mass is 586 g/mol. The van der Waals surface area contributed by atoms with Crippen LogP contribution >= 0.6 is 11.8 Å². The molecule has 0 aromatic heterocycles. The van der Waals surface area contributed by atoms with Crippen LogP contribution in [0.25, 0.3) is 0 Å². The lowest BCUT2D eigenvalue weighted by atomic mass is 9.90. The zero-order chi connectivity index (χ0) is 29.7. The van der Waals surface area contributed by atoms with Crippen LogP contribution in [-0.2, 0) is 35.3 Å². The van der Waals surface area contributed by atoms with E-state index in [4.69, 9.17) is 14.2 Å². The fourth-order valence-corrected chi connectivity index (χ4v) is 5.83. The smallest absolute Gasteiger partial charge is 0.414 e. The maximum atomic E-state index is 13.4. The molecule has 2 heterocycles. The fraction of sp³-hybridized carbons (Fsp3) is 0.346. The van der Waals surface area contributed by atoms with Crippen LogP contribution in [0, 0.1) is 10.1 Å². The average Bonchev–Trinajstić information content (AvgIpc) is 2.93. The summed E-state index contributed by atoms with van der Waals surface area (Å²) in [5.41, 5.74) is -1.30. The fourth-order valence-electron chi connectivity index (χ4n) is 4.35. The molecule has 4 rings (SSSR count). The maximum absolute atomic E-state index is 13.4. The molecular formula is C26H26N4O10S. The number of rotatable bonds is 9. The third-order valence-electron chi connectivity index (χ3n) is 6.26. The van der Waals surface area contributed by atoms with Gasteiger partial charge in [-0.05, 0) is 36.8 Å². The van der Waals surface area contributed by atoms with Crippen molar-refractivity contribution < 1.29 is 43.1 Å². The van der Waals surface area contributed by atoms with Crippen LogP contribution in [-0.4, -0.2) is 75.0 Å². The van der Waals surface area contributed by atoms with Crippen LogP contribution in [0.1, 0.15) is 19.4 Å². The first-order valence-corrected chi connectivity index (χ1v) is 13.3. The Kier molecular flexibility index (Phi) is 8.76. The summed E-state index contributed by atoms with van der Waals surface area (Å²) in [4.78, 5) is 74.2. The zero-order valence-electron chi connectivity index (χ0n) is 21.9. The lowest BCUT2D eigenvalue weighted by Gasteiger charge is -2.56. The highest BCUT2D eigenvalue weighted by molar-refractivity contribution is 8.00. The second kappa shape index (κ2) is 12.2. The number of fused-ring (bicyclic) bond motifs is 1. The Bertz CT molecular complexity index is 1360. The Morgan fingerprint density at radius 1 is 1.12 bits per heavy atom. The van der Waals surface area contributed by atoms with Gasteiger partial charge in [0.15, 0.2) is 18.2 Å². The zero-order valence-corrected chi connectivity index (χ0v) is 22.8. The molecule has 2 fully saturated rings. The van der Waals surface area contributed by atoms with E-state index in [1.165, 1.54) is 47.9 Å². The Morgan fingerprint density at radius 2 is 1.80 bits per heavy atom. The van der Waals surface area contributed by atoms with Gasteiger partial charge in [-0.3, -0.25) is 29.8 Å². The second-order valence-corrected chi connectivity index (χ2v) is 10.5. The number of β-lactam (4-membered cyclic amide) rings is 1. The Hall–Kier alpha value is -4.66. The number of carbonyl (C=O) groups is 5. The van der Waals surface area contributed by atoms with Gasteiger partial charge in [-0.1, -0.05) is 18.2 Å². The Morgan fingerprint density at radius 3 is 2.44 bits per heavy atom. The number of nitrogens with one attached hydrogen (secondary N) is 2. The molecule has 2 aliphatic heterocycles. The minimum atomic E-state index is -1.60. The van der Waals surface area contributed by atoms with E-state index < -0.39 is 57.8 Å². The summed E-state index contributed by atoms with van der Waals surface area (Å²) in [7, 11) is 0. The topological polar surface area (TPSA) is 183 Å². The number of nitrogens with zero attached hydrogens (tertiary/aromatic N) is 2. The molecule has 2 aromatic rings. The molecular weight excluding hydrogens is 560 g/mol. The van der Waals surface area contributed by atoms with Gasteiger partial charge in [0.25, 0.3) is 11.6 Å². The molecule has 0 saturated carbocycles. The summed E-state index contributed by atoms with van der Waals surface area (Å²) in [5, 5.41) is 14.8. The first-order chi connectivity index (χ1) is 19.5. The normalized spacial score (nSPS) is 22.8. The lowest BCUT2D eigenvalue weighted by molar-refractivity contribution is -0.384. The van der Waals surface area contributed by atoms with Crippen molar-refractivity contribution >= 4 is 47.2 Å². The van der Waals surface area contributed by atoms with E-state index in [9.17, 15) is 34.1 Å². The average molecular weight is 587 g/mol. The third kappa shape index (κ3) is 6.74. The van der Waals surface area contributed by atoms with Gasteiger partial charge in [0.05, 0.1) is 4.92 Å². The number of hydrogen-bond acceptors (Lipinski definition) is 11. The molecule has 0 aliphatic carbocycles. The quantitative estimate of drug-likeness (QED) is 0.188. The van der Waals surface area contributed by atoms with E-state index in [2.05, 4.69) is 5.32 Å². The minimum absolute atomic E-state index is 0.0248. The van der Waals surface area contributed by atoms with Gasteiger partial charge in [-0.15, -0.1) is 11.8 Å². The number of imide groups is 1. The number of carbonyl (C=O) groups excluding carboxylic acids is 5. The molecule has 0 radical (unpaired) electrons. The number of alkyl carbamates (subject to hydrolysis) is 1. The number of non-ortho nitro benzene ring substituents is 1. The van der Waals surface area contributed by atoms with Crippen molar-refractivity contribution in [3.63, 3.8) is 0 Å². The van der Waals surface area contributed by atoms with Crippen LogP contribution in [0.4, 0.5) is 10.5 Å². The summed E-state index contributed by atoms with van der Waals surface area (Å²) in [5.74, 6) is -2.24. The lowest BCUT2D eigenvalue weighted by Crippen LogP contribution is -2.79. The highest BCUT2D eigenvalue weighted by Crippen LogP contribution is 2.44. The highest BCUT2D eigenvalue weighted by atomic mass is 32.2. The van der Waals surface area contributed by atoms with E-state index in [0.717, 1.165) is 6.92 Å². The molecule has 0 bridgehead atoms. The number of benzene rings is 2. The van der Waals surface area contributed by atoms with Gasteiger partial charge in [-0.25, -0.2) is 9.59 Å². The van der Waals surface area contributed by atoms with Crippen LogP contribution in [0.2, 0.25) is 0 Å². The minimum Gasteiger partial charge on any atom is -0.484 e. The Balaban J connectivity index is 1.46. The third-order valence-corrected chi connectivity index (χ3v) is 7.84. The van der Waals surface area contributed by atoms with Crippen molar-refractivity contribution in [1.82, 2.24) is 15.5 Å². The summed E-state index contributed by atoms with van der Waals surface area (Å²) < 4.78 is 16.3. The van der Waals surface area contributed by atoms with Gasteiger partial charge in [0, 0.05) is 24.8 Å². The second-order valence-electron chi connectivity index (χ2n) is 9.41. The molecule has 4 amide bonds. The number of amides is 4. The van der Waals surface area contributed by atoms with E-state index in [-0.39, 0.29) is 24.7 Å². The molecule has 2 saturated heterocycles. The molecule has 14 nitrogen and oxygen atoms in total. The van der Waals surface area contributed by atoms with Crippen molar-refractivity contribution in [1.29, 1.82) is 0 Å². The largest absolute Gasteiger partial charge is 0.484 e. The van der Waals surface area contributed by atoms with Crippen LogP contribution in [0.3, 0.4) is 0 Å². The highest BCUT2D eigenvalue weighted by Gasteiger charge is 2.63. The standard InChI is InChI=1S/C26H26N4O10S/c1-15(31)27-25(35)40-26(2)14-41-23-20(28-19(32)13-38-18-6-4-3-5-7-18)22(33)29(23)21(26)24(34)39-12-16-8-10-17(11-9-16)30(36)37/h3-11,20-21,23H,12-14H2,1-2H3,(H,28,32)(H,27,31,35)/t20?,21-,23+,26+/m0/s1. The molecule has 4 atom stereocenters. The van der Waals surface area contributed by atoms with Crippen molar-refractivity contribution in [2.24, 2.45) is 0 Å². The maximum Gasteiger partial charge on any atom is 0.414 e. The number of thioether (sulfide) groups is 1. The number of esters is 1. The van der Waals surface area contributed by atoms with E-state index >= 15 is 0 Å². The number of nitro benzene ring substituents is 1. The van der Waals surface area contributed by atoms with Crippen LogP contribution in [0.5, 0.6) is 5.75 Å². The van der Waals surface area contributed by atoms with Gasteiger partial charge in [-0.2, -0.15) is 0 Å². The first kappa shape index (κ1) is 29.3. The number of hydrogen-bond donors (Lipinski definition) is 2. The van der Waals surface area contributed by atoms with Crippen molar-refractivity contribution in [2.75, 3.05) is 12.4 Å². The van der Waals surface area contributed by atoms with E-state index in [1.54, 1.807) is 30.3 Å². The summed E-state index contributed by atoms with van der Waals surface area (Å²) in [6.45, 7) is 1.93. The van der Waals surface area contributed by atoms with E-state index in [1.807, 2.05) is 5.32 Å². The molecule has 1 unspecified atom stereocenters. The first-order valence-electron chi connectivity index (χ1n) is 12.3. The Labute approximate surface area is 237 Å². The van der Waals surface area contributed by atoms with Crippen LogP contribution in [0.15, 0.2) is 54.6 Å². The molecule has 2 aromatic carbocycles. The molecule has 2 aliphatic rings. The van der Waals surface area contributed by atoms with Crippen molar-refractivity contribution in [3.8, 4) is 5.75 Å². The molecule has 15 heteroatoms. The SMILES string of the molecule is CC(=O)NC(=O)O[C@]1(C)CS[C@@H]2C(NC(=O)COc3ccccc3)C(=O)N2[C@H]1C(=O)OCc1ccc([N+](=O)[O-])cc1. The summed E-state index contributed by atoms with van der Waals surface area (Å²) in [6.07, 6.45) is -1.11. The molecule has 0 spiro atoms. The number of para-hydroxylation sites is 1. The number of nitro groups is 1. The van der Waals surface area contributed by atoms with Gasteiger partial charge < -0.3 is 24.4 Å². The van der Waals surface area contributed by atoms with Gasteiger partial charge in [0.2, 0.25) is 11.8 Å². The molecule has 2 N–H and O–H groups in total. The predicted octanol–water partition coefficient (Wildman–Crippen LogP) is 1.52. The predicted molar refractivity (Wildman–Crippen MR) is 142 cm³/mol. The van der Waals surface area contributed by atoms with Gasteiger partial charge >= 0.3 is 12.1 Å². The van der Waals surface area contributed by atoms with E-state index in [0.29, 0.717) is 11.3 Å². The van der Waals surface area contributed by atoms with Gasteiger partial charge in [0.1, 0.15) is 23.8 Å².